The highest BCUT2D eigenvalue weighted by molar-refractivity contribution is 5.73. The van der Waals surface area contributed by atoms with Crippen LogP contribution in [0.2, 0.25) is 0 Å². The summed E-state index contributed by atoms with van der Waals surface area (Å²) < 4.78 is 0. The van der Waals surface area contributed by atoms with E-state index in [0.29, 0.717) is 5.95 Å². The molecule has 6 heteroatoms. The van der Waals surface area contributed by atoms with Crippen LogP contribution in [0.5, 0.6) is 0 Å². The quantitative estimate of drug-likeness (QED) is 0.895. The van der Waals surface area contributed by atoms with Crippen molar-refractivity contribution in [1.82, 2.24) is 14.9 Å². The van der Waals surface area contributed by atoms with E-state index >= 15 is 0 Å². The van der Waals surface area contributed by atoms with Crippen molar-refractivity contribution in [3.63, 3.8) is 0 Å². The average molecular weight is 353 g/mol. The first-order valence-corrected chi connectivity index (χ1v) is 9.33. The maximum atomic E-state index is 11.5. The molecular formula is C20H27N5O. The first kappa shape index (κ1) is 18.2. The molecule has 3 rings (SSSR count). The SMILES string of the molecule is CCc1cccc(CC)c1Nc1ccnc(N2CCN(C(C)=O)CC2)n1. The van der Waals surface area contributed by atoms with Crippen molar-refractivity contribution in [3.8, 4) is 0 Å². The molecule has 0 bridgehead atoms. The Hall–Kier alpha value is -2.63. The van der Waals surface area contributed by atoms with Gasteiger partial charge in [0.2, 0.25) is 11.9 Å². The van der Waals surface area contributed by atoms with Crippen LogP contribution in [0.1, 0.15) is 31.9 Å². The summed E-state index contributed by atoms with van der Waals surface area (Å²) in [6.45, 7) is 8.90. The molecule has 26 heavy (non-hydrogen) atoms. The minimum Gasteiger partial charge on any atom is -0.340 e. The number of carbonyl (C=O) groups excluding carboxylic acids is 1. The van der Waals surface area contributed by atoms with E-state index in [0.717, 1.165) is 50.5 Å². The second-order valence-corrected chi connectivity index (χ2v) is 6.52. The molecule has 1 amide bonds. The maximum absolute atomic E-state index is 11.5. The van der Waals surface area contributed by atoms with Crippen LogP contribution in [0, 0.1) is 0 Å². The molecule has 6 nitrogen and oxygen atoms in total. The van der Waals surface area contributed by atoms with E-state index in [9.17, 15) is 4.79 Å². The minimum atomic E-state index is 0.129. The number of aromatic nitrogens is 2. The molecule has 1 aliphatic heterocycles. The molecule has 0 atom stereocenters. The number of carbonyl (C=O) groups is 1. The Kier molecular flexibility index (Phi) is 5.71. The first-order chi connectivity index (χ1) is 12.6. The van der Waals surface area contributed by atoms with Crippen LogP contribution in [0.3, 0.4) is 0 Å². The summed E-state index contributed by atoms with van der Waals surface area (Å²) in [5.74, 6) is 1.65. The van der Waals surface area contributed by atoms with Gasteiger partial charge in [-0.3, -0.25) is 4.79 Å². The molecule has 1 fully saturated rings. The van der Waals surface area contributed by atoms with Crippen molar-refractivity contribution < 1.29 is 4.79 Å². The normalized spacial score (nSPS) is 14.4. The van der Waals surface area contributed by atoms with Crippen LogP contribution in [-0.4, -0.2) is 47.0 Å². The lowest BCUT2D eigenvalue weighted by Crippen LogP contribution is -2.48. The Morgan fingerprint density at radius 2 is 1.73 bits per heavy atom. The van der Waals surface area contributed by atoms with Crippen LogP contribution in [-0.2, 0) is 17.6 Å². The van der Waals surface area contributed by atoms with Gasteiger partial charge in [0.25, 0.3) is 0 Å². The molecule has 0 saturated carbocycles. The van der Waals surface area contributed by atoms with Gasteiger partial charge < -0.3 is 15.1 Å². The summed E-state index contributed by atoms with van der Waals surface area (Å²) in [4.78, 5) is 24.6. The zero-order valence-electron chi connectivity index (χ0n) is 15.8. The number of rotatable bonds is 5. The smallest absolute Gasteiger partial charge is 0.227 e. The third-order valence-corrected chi connectivity index (χ3v) is 4.90. The van der Waals surface area contributed by atoms with Crippen molar-refractivity contribution in [2.24, 2.45) is 0 Å². The molecule has 1 aliphatic rings. The van der Waals surface area contributed by atoms with Gasteiger partial charge in [-0.05, 0) is 30.0 Å². The molecule has 0 radical (unpaired) electrons. The van der Waals surface area contributed by atoms with Crippen LogP contribution < -0.4 is 10.2 Å². The number of amides is 1. The van der Waals surface area contributed by atoms with Gasteiger partial charge in [-0.15, -0.1) is 0 Å². The summed E-state index contributed by atoms with van der Waals surface area (Å²) in [6.07, 6.45) is 3.74. The fourth-order valence-corrected chi connectivity index (χ4v) is 3.32. The molecule has 1 N–H and O–H groups in total. The molecular weight excluding hydrogens is 326 g/mol. The largest absolute Gasteiger partial charge is 0.340 e. The van der Waals surface area contributed by atoms with Gasteiger partial charge in [0.15, 0.2) is 0 Å². The van der Waals surface area contributed by atoms with E-state index in [1.807, 2.05) is 11.0 Å². The average Bonchev–Trinajstić information content (AvgIpc) is 2.68. The molecule has 2 heterocycles. The predicted molar refractivity (Wildman–Crippen MR) is 105 cm³/mol. The van der Waals surface area contributed by atoms with E-state index in [4.69, 9.17) is 4.98 Å². The number of para-hydroxylation sites is 1. The van der Waals surface area contributed by atoms with E-state index in [1.165, 1.54) is 11.1 Å². The number of anilines is 3. The molecule has 1 aromatic carbocycles. The van der Waals surface area contributed by atoms with Crippen LogP contribution in [0.4, 0.5) is 17.5 Å². The number of hydrogen-bond acceptors (Lipinski definition) is 5. The summed E-state index contributed by atoms with van der Waals surface area (Å²) in [5, 5.41) is 3.51. The van der Waals surface area contributed by atoms with Gasteiger partial charge in [-0.1, -0.05) is 32.0 Å². The lowest BCUT2D eigenvalue weighted by molar-refractivity contribution is -0.129. The van der Waals surface area contributed by atoms with Crippen molar-refractivity contribution in [1.29, 1.82) is 0 Å². The summed E-state index contributed by atoms with van der Waals surface area (Å²) in [7, 11) is 0. The Bertz CT molecular complexity index is 746. The van der Waals surface area contributed by atoms with Gasteiger partial charge in [-0.25, -0.2) is 4.98 Å². The van der Waals surface area contributed by atoms with Crippen LogP contribution >= 0.6 is 0 Å². The predicted octanol–water partition coefficient (Wildman–Crippen LogP) is 3.01. The zero-order chi connectivity index (χ0) is 18.5. The van der Waals surface area contributed by atoms with Gasteiger partial charge in [0, 0.05) is 45.0 Å². The highest BCUT2D eigenvalue weighted by Crippen LogP contribution is 2.26. The topological polar surface area (TPSA) is 61.4 Å². The maximum Gasteiger partial charge on any atom is 0.227 e. The van der Waals surface area contributed by atoms with Crippen molar-refractivity contribution in [2.75, 3.05) is 36.4 Å². The van der Waals surface area contributed by atoms with Gasteiger partial charge in [0.05, 0.1) is 0 Å². The highest BCUT2D eigenvalue weighted by Gasteiger charge is 2.20. The monoisotopic (exact) mass is 353 g/mol. The standard InChI is InChI=1S/C20H27N5O/c1-4-16-7-6-8-17(5-2)19(16)22-18-9-10-21-20(23-18)25-13-11-24(12-14-25)15(3)26/h6-10H,4-5,11-14H2,1-3H3,(H,21,22,23). The Labute approximate surface area is 155 Å². The summed E-state index contributed by atoms with van der Waals surface area (Å²) >= 11 is 0. The Morgan fingerprint density at radius 3 is 2.31 bits per heavy atom. The van der Waals surface area contributed by atoms with Crippen molar-refractivity contribution in [2.45, 2.75) is 33.6 Å². The number of piperazine rings is 1. The summed E-state index contributed by atoms with van der Waals surface area (Å²) in [5.41, 5.74) is 3.74. The molecule has 2 aromatic rings. The van der Waals surface area contributed by atoms with E-state index in [-0.39, 0.29) is 5.91 Å². The minimum absolute atomic E-state index is 0.129. The fraction of sp³-hybridized carbons (Fsp3) is 0.450. The molecule has 1 saturated heterocycles. The second kappa shape index (κ2) is 8.17. The van der Waals surface area contributed by atoms with E-state index in [2.05, 4.69) is 47.2 Å². The zero-order valence-corrected chi connectivity index (χ0v) is 15.8. The molecule has 0 unspecified atom stereocenters. The number of nitrogens with one attached hydrogen (secondary N) is 1. The van der Waals surface area contributed by atoms with Crippen LogP contribution in [0.15, 0.2) is 30.5 Å². The van der Waals surface area contributed by atoms with Gasteiger partial charge in [-0.2, -0.15) is 4.98 Å². The number of hydrogen-bond donors (Lipinski definition) is 1. The third kappa shape index (κ3) is 3.95. The lowest BCUT2D eigenvalue weighted by Gasteiger charge is -2.34. The third-order valence-electron chi connectivity index (χ3n) is 4.90. The highest BCUT2D eigenvalue weighted by atomic mass is 16.2. The second-order valence-electron chi connectivity index (χ2n) is 6.52. The first-order valence-electron chi connectivity index (χ1n) is 9.33. The number of benzene rings is 1. The molecule has 1 aromatic heterocycles. The van der Waals surface area contributed by atoms with Crippen LogP contribution in [0.25, 0.3) is 0 Å². The molecule has 138 valence electrons. The fourth-order valence-electron chi connectivity index (χ4n) is 3.32. The van der Waals surface area contributed by atoms with Gasteiger partial charge in [0.1, 0.15) is 5.82 Å². The van der Waals surface area contributed by atoms with E-state index in [1.54, 1.807) is 13.1 Å². The van der Waals surface area contributed by atoms with Crippen molar-refractivity contribution >= 4 is 23.4 Å². The Balaban J connectivity index is 1.78. The summed E-state index contributed by atoms with van der Waals surface area (Å²) in [6, 6.07) is 8.33. The molecule has 0 spiro atoms. The van der Waals surface area contributed by atoms with E-state index < -0.39 is 0 Å². The molecule has 0 aliphatic carbocycles. The number of aryl methyl sites for hydroxylation is 2. The lowest BCUT2D eigenvalue weighted by atomic mass is 10.0. The number of nitrogens with zero attached hydrogens (tertiary/aromatic N) is 4. The Morgan fingerprint density at radius 1 is 1.08 bits per heavy atom. The van der Waals surface area contributed by atoms with Gasteiger partial charge >= 0.3 is 0 Å². The van der Waals surface area contributed by atoms with Crippen molar-refractivity contribution in [3.05, 3.63) is 41.6 Å².